The van der Waals surface area contributed by atoms with Crippen LogP contribution in [0.2, 0.25) is 10.0 Å². The first-order chi connectivity index (χ1) is 13.0. The largest absolute Gasteiger partial charge is 0.451 e. The predicted octanol–water partition coefficient (Wildman–Crippen LogP) is 5.61. The molecule has 1 N–H and O–H groups in total. The first kappa shape index (κ1) is 17.4. The Labute approximate surface area is 163 Å². The van der Waals surface area contributed by atoms with Crippen molar-refractivity contribution in [1.82, 2.24) is 0 Å². The monoisotopic (exact) mass is 399 g/mol. The summed E-state index contributed by atoms with van der Waals surface area (Å²) in [6.07, 6.45) is 0. The Balaban J connectivity index is 1.59. The van der Waals surface area contributed by atoms with Gasteiger partial charge in [0.1, 0.15) is 11.3 Å². The van der Waals surface area contributed by atoms with E-state index in [2.05, 4.69) is 5.32 Å². The predicted molar refractivity (Wildman–Crippen MR) is 105 cm³/mol. The maximum absolute atomic E-state index is 12.5. The fourth-order valence-electron chi connectivity index (χ4n) is 2.63. The fourth-order valence-corrected chi connectivity index (χ4v) is 3.02. The van der Waals surface area contributed by atoms with E-state index in [9.17, 15) is 9.59 Å². The topological polar surface area (TPSA) is 72.5 Å². The van der Waals surface area contributed by atoms with E-state index >= 15 is 0 Å². The first-order valence-electron chi connectivity index (χ1n) is 7.90. The van der Waals surface area contributed by atoms with Crippen molar-refractivity contribution in [1.29, 1.82) is 0 Å². The van der Waals surface area contributed by atoms with E-state index in [1.807, 2.05) is 0 Å². The number of fused-ring (bicyclic) bond motifs is 1. The van der Waals surface area contributed by atoms with Gasteiger partial charge in [0.2, 0.25) is 0 Å². The number of carbonyl (C=O) groups excluding carboxylic acids is 1. The number of hydrogen-bond acceptors (Lipinski definition) is 4. The van der Waals surface area contributed by atoms with Gasteiger partial charge in [-0.15, -0.1) is 0 Å². The van der Waals surface area contributed by atoms with Crippen molar-refractivity contribution in [2.75, 3.05) is 5.32 Å². The summed E-state index contributed by atoms with van der Waals surface area (Å²) in [5.74, 6) is 0.143. The Bertz CT molecular complexity index is 1230. The molecule has 0 saturated carbocycles. The van der Waals surface area contributed by atoms with E-state index in [0.717, 1.165) is 0 Å². The second-order valence-corrected chi connectivity index (χ2v) is 6.59. The van der Waals surface area contributed by atoms with Crippen LogP contribution in [0.3, 0.4) is 0 Å². The molecule has 0 bridgehead atoms. The number of carbonyl (C=O) groups is 1. The lowest BCUT2D eigenvalue weighted by molar-refractivity contribution is 0.0997. The smallest absolute Gasteiger partial charge is 0.336 e. The van der Waals surface area contributed by atoms with Crippen LogP contribution < -0.4 is 10.9 Å². The molecule has 4 aromatic rings. The molecule has 0 radical (unpaired) electrons. The molecule has 0 spiro atoms. The zero-order chi connectivity index (χ0) is 19.0. The molecule has 5 nitrogen and oxygen atoms in total. The minimum atomic E-state index is -0.429. The highest BCUT2D eigenvalue weighted by Gasteiger charge is 2.15. The van der Waals surface area contributed by atoms with E-state index in [1.165, 1.54) is 6.07 Å². The molecule has 0 aliphatic heterocycles. The van der Waals surface area contributed by atoms with Crippen molar-refractivity contribution in [2.24, 2.45) is 0 Å². The summed E-state index contributed by atoms with van der Waals surface area (Å²) in [5, 5.41) is 4.42. The Morgan fingerprint density at radius 1 is 0.889 bits per heavy atom. The lowest BCUT2D eigenvalue weighted by Crippen LogP contribution is -2.10. The molecular weight excluding hydrogens is 389 g/mol. The molecule has 7 heteroatoms. The van der Waals surface area contributed by atoms with Gasteiger partial charge in [0.05, 0.1) is 5.02 Å². The zero-order valence-corrected chi connectivity index (χ0v) is 15.2. The zero-order valence-electron chi connectivity index (χ0n) is 13.7. The molecule has 134 valence electrons. The minimum Gasteiger partial charge on any atom is -0.451 e. The van der Waals surface area contributed by atoms with E-state index in [1.54, 1.807) is 54.6 Å². The number of hydrogen-bond donors (Lipinski definition) is 1. The van der Waals surface area contributed by atoms with Gasteiger partial charge in [-0.1, -0.05) is 23.2 Å². The van der Waals surface area contributed by atoms with Crippen molar-refractivity contribution in [2.45, 2.75) is 0 Å². The molecule has 2 heterocycles. The van der Waals surface area contributed by atoms with Crippen LogP contribution in [0.5, 0.6) is 0 Å². The molecule has 0 aliphatic carbocycles. The third-order valence-electron chi connectivity index (χ3n) is 3.90. The van der Waals surface area contributed by atoms with Crippen molar-refractivity contribution >= 4 is 45.8 Å². The Kier molecular flexibility index (Phi) is 4.48. The van der Waals surface area contributed by atoms with Crippen LogP contribution in [0.15, 0.2) is 74.3 Å². The number of anilines is 1. The van der Waals surface area contributed by atoms with Gasteiger partial charge in [-0.2, -0.15) is 0 Å². The summed E-state index contributed by atoms with van der Waals surface area (Å²) in [4.78, 5) is 23.7. The summed E-state index contributed by atoms with van der Waals surface area (Å²) in [6.45, 7) is 0. The van der Waals surface area contributed by atoms with Gasteiger partial charge in [0.25, 0.3) is 5.91 Å². The molecule has 1 amide bonds. The van der Waals surface area contributed by atoms with Crippen LogP contribution in [0.4, 0.5) is 5.69 Å². The SMILES string of the molecule is O=C(Nc1ccc2oc(=O)ccc2c1)c1ccc(-c2cc(Cl)ccc2Cl)o1. The van der Waals surface area contributed by atoms with Crippen LogP contribution in [0, 0.1) is 0 Å². The molecule has 2 aromatic carbocycles. The summed E-state index contributed by atoms with van der Waals surface area (Å²) in [5.41, 5.74) is 1.16. The number of nitrogens with one attached hydrogen (secondary N) is 1. The fraction of sp³-hybridized carbons (Fsp3) is 0. The van der Waals surface area contributed by atoms with Crippen molar-refractivity contribution < 1.29 is 13.6 Å². The average Bonchev–Trinajstić information content (AvgIpc) is 3.14. The van der Waals surface area contributed by atoms with Gasteiger partial charge >= 0.3 is 5.63 Å². The van der Waals surface area contributed by atoms with Gasteiger partial charge in [-0.3, -0.25) is 4.79 Å². The number of amides is 1. The van der Waals surface area contributed by atoms with Crippen LogP contribution in [-0.2, 0) is 0 Å². The van der Waals surface area contributed by atoms with Crippen molar-refractivity contribution in [3.63, 3.8) is 0 Å². The highest BCUT2D eigenvalue weighted by atomic mass is 35.5. The maximum atomic E-state index is 12.5. The molecule has 0 saturated heterocycles. The maximum Gasteiger partial charge on any atom is 0.336 e. The second kappa shape index (κ2) is 6.95. The van der Waals surface area contributed by atoms with E-state index in [4.69, 9.17) is 32.0 Å². The number of benzene rings is 2. The minimum absolute atomic E-state index is 0.126. The van der Waals surface area contributed by atoms with E-state index < -0.39 is 11.5 Å². The third kappa shape index (κ3) is 3.60. The molecule has 0 unspecified atom stereocenters. The van der Waals surface area contributed by atoms with Crippen LogP contribution in [0.1, 0.15) is 10.6 Å². The lowest BCUT2D eigenvalue weighted by Gasteiger charge is -2.05. The quantitative estimate of drug-likeness (QED) is 0.454. The summed E-state index contributed by atoms with van der Waals surface area (Å²) >= 11 is 12.2. The average molecular weight is 400 g/mol. The summed E-state index contributed by atoms with van der Waals surface area (Å²) in [6, 6.07) is 16.1. The lowest BCUT2D eigenvalue weighted by atomic mass is 10.2. The van der Waals surface area contributed by atoms with E-state index in [0.29, 0.717) is 38.0 Å². The number of rotatable bonds is 3. The standard InChI is InChI=1S/C20H11Cl2NO4/c21-12-2-4-15(22)14(10-12)17-6-7-18(26-17)20(25)23-13-3-5-16-11(9-13)1-8-19(24)27-16/h1-10H,(H,23,25). The Hall–Kier alpha value is -3.02. The highest BCUT2D eigenvalue weighted by molar-refractivity contribution is 6.35. The highest BCUT2D eigenvalue weighted by Crippen LogP contribution is 2.32. The molecular formula is C20H11Cl2NO4. The van der Waals surface area contributed by atoms with Crippen LogP contribution in [-0.4, -0.2) is 5.91 Å². The summed E-state index contributed by atoms with van der Waals surface area (Å²) in [7, 11) is 0. The molecule has 0 aliphatic rings. The number of halogens is 2. The van der Waals surface area contributed by atoms with E-state index in [-0.39, 0.29) is 5.76 Å². The van der Waals surface area contributed by atoms with Crippen LogP contribution >= 0.6 is 23.2 Å². The molecule has 0 atom stereocenters. The normalized spacial score (nSPS) is 10.9. The molecule has 2 aromatic heterocycles. The molecule has 0 fully saturated rings. The summed E-state index contributed by atoms with van der Waals surface area (Å²) < 4.78 is 10.7. The van der Waals surface area contributed by atoms with Gasteiger partial charge in [0, 0.05) is 27.7 Å². The van der Waals surface area contributed by atoms with Gasteiger partial charge < -0.3 is 14.2 Å². The molecule has 27 heavy (non-hydrogen) atoms. The first-order valence-corrected chi connectivity index (χ1v) is 8.66. The van der Waals surface area contributed by atoms with Gasteiger partial charge in [-0.05, 0) is 54.6 Å². The Morgan fingerprint density at radius 2 is 1.74 bits per heavy atom. The third-order valence-corrected chi connectivity index (χ3v) is 4.47. The van der Waals surface area contributed by atoms with Gasteiger partial charge in [0.15, 0.2) is 5.76 Å². The van der Waals surface area contributed by atoms with Crippen molar-refractivity contribution in [3.8, 4) is 11.3 Å². The van der Waals surface area contributed by atoms with Crippen LogP contribution in [0.25, 0.3) is 22.3 Å². The molecule has 4 rings (SSSR count). The van der Waals surface area contributed by atoms with Gasteiger partial charge in [-0.25, -0.2) is 4.79 Å². The second-order valence-electron chi connectivity index (χ2n) is 5.75. The van der Waals surface area contributed by atoms with Crippen molar-refractivity contribution in [3.05, 3.63) is 86.9 Å². The Morgan fingerprint density at radius 3 is 2.59 bits per heavy atom. The number of furan rings is 1.